The molecule has 0 aromatic heterocycles. The number of benzene rings is 1. The van der Waals surface area contributed by atoms with E-state index in [4.69, 9.17) is 10.2 Å². The van der Waals surface area contributed by atoms with Crippen LogP contribution in [0.15, 0.2) is 30.3 Å². The fourth-order valence-electron chi connectivity index (χ4n) is 0.342. The van der Waals surface area contributed by atoms with Crippen LogP contribution >= 0.6 is 0 Å². The Hall–Kier alpha value is -0.146. The maximum atomic E-state index is 7.88. The van der Waals surface area contributed by atoms with Crippen molar-refractivity contribution in [1.29, 1.82) is 0 Å². The SMILES string of the molecule is CCCO.CCCO.[CH3-].[Ti+2].[c-]1ccccc1. The molecule has 0 heterocycles. The molecule has 2 N–H and O–H groups in total. The molecule has 92 valence electrons. The van der Waals surface area contributed by atoms with Gasteiger partial charge in [-0.2, -0.15) is 36.4 Å². The van der Waals surface area contributed by atoms with E-state index in [1.165, 1.54) is 0 Å². The fourth-order valence-corrected chi connectivity index (χ4v) is 0.342. The van der Waals surface area contributed by atoms with Crippen LogP contribution in [0.25, 0.3) is 0 Å². The minimum atomic E-state index is 0. The molecule has 0 aliphatic heterocycles. The fraction of sp³-hybridized carbons (Fsp3) is 0.462. The maximum Gasteiger partial charge on any atom is 2.00 e. The van der Waals surface area contributed by atoms with Gasteiger partial charge in [0, 0.05) is 13.2 Å². The molecular formula is C13H24O2Ti. The van der Waals surface area contributed by atoms with Gasteiger partial charge in [0.25, 0.3) is 0 Å². The predicted octanol–water partition coefficient (Wildman–Crippen LogP) is 2.71. The zero-order valence-electron chi connectivity index (χ0n) is 10.6. The van der Waals surface area contributed by atoms with Crippen LogP contribution in [-0.2, 0) is 21.7 Å². The molecule has 0 atom stereocenters. The van der Waals surface area contributed by atoms with E-state index in [9.17, 15) is 0 Å². The Kier molecular flexibility index (Phi) is 45.7. The molecular weight excluding hydrogens is 236 g/mol. The minimum absolute atomic E-state index is 0. The topological polar surface area (TPSA) is 40.5 Å². The normalized spacial score (nSPS) is 6.75. The number of aliphatic hydroxyl groups excluding tert-OH is 2. The second-order valence-electron chi connectivity index (χ2n) is 2.52. The van der Waals surface area contributed by atoms with Crippen LogP contribution < -0.4 is 0 Å². The first-order valence-electron chi connectivity index (χ1n) is 4.96. The van der Waals surface area contributed by atoms with Crippen molar-refractivity contribution in [2.45, 2.75) is 26.7 Å². The average Bonchev–Trinajstić information content (AvgIpc) is 2.32. The van der Waals surface area contributed by atoms with Gasteiger partial charge in [0.2, 0.25) is 0 Å². The molecule has 3 heteroatoms. The van der Waals surface area contributed by atoms with Gasteiger partial charge >= 0.3 is 21.7 Å². The van der Waals surface area contributed by atoms with Gasteiger partial charge < -0.3 is 17.6 Å². The second kappa shape index (κ2) is 29.4. The summed E-state index contributed by atoms with van der Waals surface area (Å²) < 4.78 is 0. The van der Waals surface area contributed by atoms with Crippen molar-refractivity contribution in [2.24, 2.45) is 0 Å². The van der Waals surface area contributed by atoms with E-state index in [0.29, 0.717) is 13.2 Å². The van der Waals surface area contributed by atoms with Crippen molar-refractivity contribution in [1.82, 2.24) is 0 Å². The average molecular weight is 260 g/mol. The molecule has 0 spiro atoms. The third-order valence-corrected chi connectivity index (χ3v) is 1.05. The Morgan fingerprint density at radius 1 is 0.875 bits per heavy atom. The Labute approximate surface area is 116 Å². The molecule has 0 saturated heterocycles. The smallest absolute Gasteiger partial charge is 0.396 e. The first-order valence-corrected chi connectivity index (χ1v) is 4.96. The van der Waals surface area contributed by atoms with Crippen molar-refractivity contribution in [3.8, 4) is 0 Å². The van der Waals surface area contributed by atoms with Crippen LogP contribution in [0.4, 0.5) is 0 Å². The molecule has 0 amide bonds. The number of rotatable bonds is 2. The van der Waals surface area contributed by atoms with E-state index in [1.807, 2.05) is 44.2 Å². The summed E-state index contributed by atoms with van der Waals surface area (Å²) in [6, 6.07) is 12.5. The number of hydrogen-bond donors (Lipinski definition) is 2. The molecule has 0 unspecified atom stereocenters. The van der Waals surface area contributed by atoms with Crippen LogP contribution in [-0.4, -0.2) is 23.4 Å². The van der Waals surface area contributed by atoms with Crippen LogP contribution in [0.1, 0.15) is 26.7 Å². The Morgan fingerprint density at radius 2 is 1.19 bits per heavy atom. The number of hydrogen-bond acceptors (Lipinski definition) is 2. The summed E-state index contributed by atoms with van der Waals surface area (Å²) in [6.45, 7) is 4.50. The van der Waals surface area contributed by atoms with Gasteiger partial charge in [-0.15, -0.1) is 0 Å². The summed E-state index contributed by atoms with van der Waals surface area (Å²) >= 11 is 0. The van der Waals surface area contributed by atoms with Gasteiger partial charge in [0.15, 0.2) is 0 Å². The van der Waals surface area contributed by atoms with E-state index in [2.05, 4.69) is 6.07 Å². The zero-order valence-corrected chi connectivity index (χ0v) is 12.2. The van der Waals surface area contributed by atoms with E-state index in [0.717, 1.165) is 12.8 Å². The zero-order chi connectivity index (χ0) is 11.1. The molecule has 16 heavy (non-hydrogen) atoms. The standard InChI is InChI=1S/C6H5.2C3H8O.CH3.Ti/c1-2-4-6-5-3-1;2*1-2-3-4;;/h1-5H;2*4H,2-3H2,1H3;1H3;/q-1;;;-1;+2. The molecule has 1 aromatic rings. The summed E-state index contributed by atoms with van der Waals surface area (Å²) in [5.74, 6) is 0. The minimum Gasteiger partial charge on any atom is -0.396 e. The molecule has 0 fully saturated rings. The summed E-state index contributed by atoms with van der Waals surface area (Å²) in [6.07, 6.45) is 1.75. The van der Waals surface area contributed by atoms with Gasteiger partial charge in [-0.05, 0) is 12.8 Å². The third-order valence-electron chi connectivity index (χ3n) is 1.05. The van der Waals surface area contributed by atoms with Crippen LogP contribution in [0, 0.1) is 13.5 Å². The van der Waals surface area contributed by atoms with Crippen molar-refractivity contribution >= 4 is 0 Å². The van der Waals surface area contributed by atoms with E-state index >= 15 is 0 Å². The van der Waals surface area contributed by atoms with Gasteiger partial charge in [0.05, 0.1) is 0 Å². The largest absolute Gasteiger partial charge is 2.00 e. The first kappa shape index (κ1) is 24.9. The molecule has 0 bridgehead atoms. The van der Waals surface area contributed by atoms with E-state index in [-0.39, 0.29) is 29.1 Å². The Bertz CT molecular complexity index is 123. The molecule has 0 aliphatic rings. The summed E-state index contributed by atoms with van der Waals surface area (Å²) in [7, 11) is 0. The van der Waals surface area contributed by atoms with E-state index in [1.54, 1.807) is 0 Å². The molecule has 0 aliphatic carbocycles. The van der Waals surface area contributed by atoms with E-state index < -0.39 is 0 Å². The van der Waals surface area contributed by atoms with Gasteiger partial charge in [-0.3, -0.25) is 0 Å². The van der Waals surface area contributed by atoms with Crippen molar-refractivity contribution in [3.05, 3.63) is 43.8 Å². The first-order chi connectivity index (χ1) is 6.83. The van der Waals surface area contributed by atoms with Gasteiger partial charge in [-0.25, -0.2) is 0 Å². The Morgan fingerprint density at radius 3 is 1.25 bits per heavy atom. The Balaban J connectivity index is -0.0000000660. The van der Waals surface area contributed by atoms with Crippen LogP contribution in [0.5, 0.6) is 0 Å². The molecule has 2 nitrogen and oxygen atoms in total. The monoisotopic (exact) mass is 260 g/mol. The van der Waals surface area contributed by atoms with Gasteiger partial charge in [-0.1, -0.05) is 13.8 Å². The maximum absolute atomic E-state index is 7.88. The molecule has 0 saturated carbocycles. The third kappa shape index (κ3) is 37.1. The molecule has 0 radical (unpaired) electrons. The van der Waals surface area contributed by atoms with Crippen molar-refractivity contribution in [2.75, 3.05) is 13.2 Å². The van der Waals surface area contributed by atoms with Crippen molar-refractivity contribution in [3.63, 3.8) is 0 Å². The van der Waals surface area contributed by atoms with Gasteiger partial charge in [0.1, 0.15) is 0 Å². The quantitative estimate of drug-likeness (QED) is 0.634. The molecule has 1 rings (SSSR count). The van der Waals surface area contributed by atoms with Crippen LogP contribution in [0.2, 0.25) is 0 Å². The second-order valence-corrected chi connectivity index (χ2v) is 2.52. The van der Waals surface area contributed by atoms with Crippen molar-refractivity contribution < 1.29 is 31.9 Å². The van der Waals surface area contributed by atoms with Crippen LogP contribution in [0.3, 0.4) is 0 Å². The summed E-state index contributed by atoms with van der Waals surface area (Å²) in [5.41, 5.74) is 0. The predicted molar refractivity (Wildman–Crippen MR) is 66.4 cm³/mol. The molecule has 1 aromatic carbocycles. The summed E-state index contributed by atoms with van der Waals surface area (Å²) in [4.78, 5) is 0. The summed E-state index contributed by atoms with van der Waals surface area (Å²) in [5, 5.41) is 15.8. The number of aliphatic hydroxyl groups is 2.